The smallest absolute Gasteiger partial charge is 0.410 e. The fourth-order valence-electron chi connectivity index (χ4n) is 2.83. The molecule has 1 aliphatic rings. The minimum absolute atomic E-state index is 0.182. The van der Waals surface area contributed by atoms with Crippen molar-refractivity contribution in [2.75, 3.05) is 24.5 Å². The Bertz CT molecular complexity index is 592. The van der Waals surface area contributed by atoms with Gasteiger partial charge in [0.05, 0.1) is 5.56 Å². The van der Waals surface area contributed by atoms with E-state index in [1.807, 2.05) is 32.9 Å². The molecule has 1 fully saturated rings. The molecule has 132 valence electrons. The van der Waals surface area contributed by atoms with Gasteiger partial charge in [-0.25, -0.2) is 9.59 Å². The summed E-state index contributed by atoms with van der Waals surface area (Å²) < 4.78 is 5.46. The topological polar surface area (TPSA) is 70.1 Å². The van der Waals surface area contributed by atoms with Gasteiger partial charge in [-0.2, -0.15) is 0 Å². The van der Waals surface area contributed by atoms with E-state index in [2.05, 4.69) is 11.8 Å². The zero-order valence-electron chi connectivity index (χ0n) is 14.8. The van der Waals surface area contributed by atoms with Crippen LogP contribution in [0.4, 0.5) is 10.5 Å². The SMILES string of the molecule is CCC1CN(C(=O)OC(C)(C)C)CCN1c1ccc(C(=O)O)cc1. The summed E-state index contributed by atoms with van der Waals surface area (Å²) in [6.45, 7) is 9.57. The van der Waals surface area contributed by atoms with E-state index in [1.165, 1.54) is 0 Å². The average molecular weight is 334 g/mol. The van der Waals surface area contributed by atoms with Gasteiger partial charge >= 0.3 is 12.1 Å². The summed E-state index contributed by atoms with van der Waals surface area (Å²) in [5, 5.41) is 9.00. The maximum absolute atomic E-state index is 12.3. The van der Waals surface area contributed by atoms with Crippen molar-refractivity contribution in [1.82, 2.24) is 4.90 Å². The molecule has 2 rings (SSSR count). The Morgan fingerprint density at radius 2 is 1.83 bits per heavy atom. The highest BCUT2D eigenvalue weighted by molar-refractivity contribution is 5.88. The molecule has 0 aromatic heterocycles. The maximum atomic E-state index is 12.3. The largest absolute Gasteiger partial charge is 0.478 e. The second kappa shape index (κ2) is 7.11. The summed E-state index contributed by atoms with van der Waals surface area (Å²) in [6, 6.07) is 7.07. The molecule has 0 spiro atoms. The van der Waals surface area contributed by atoms with E-state index in [-0.39, 0.29) is 17.7 Å². The Labute approximate surface area is 143 Å². The first-order chi connectivity index (χ1) is 11.2. The van der Waals surface area contributed by atoms with Gasteiger partial charge in [0.1, 0.15) is 5.60 Å². The van der Waals surface area contributed by atoms with Crippen molar-refractivity contribution >= 4 is 17.7 Å². The predicted octanol–water partition coefficient (Wildman–Crippen LogP) is 3.22. The van der Waals surface area contributed by atoms with Crippen LogP contribution in [-0.2, 0) is 4.74 Å². The van der Waals surface area contributed by atoms with Gasteiger partial charge in [-0.3, -0.25) is 0 Å². The molecule has 1 heterocycles. The summed E-state index contributed by atoms with van der Waals surface area (Å²) in [4.78, 5) is 27.2. The number of carbonyl (C=O) groups is 2. The number of carboxylic acids is 1. The van der Waals surface area contributed by atoms with Crippen LogP contribution in [0.3, 0.4) is 0 Å². The number of carbonyl (C=O) groups excluding carboxylic acids is 1. The fraction of sp³-hybridized carbons (Fsp3) is 0.556. The standard InChI is InChI=1S/C18H26N2O4/c1-5-14-12-19(17(23)24-18(2,3)4)10-11-20(14)15-8-6-13(7-9-15)16(21)22/h6-9,14H,5,10-12H2,1-4H3,(H,21,22). The summed E-state index contributed by atoms with van der Waals surface area (Å²) >= 11 is 0. The average Bonchev–Trinajstić information content (AvgIpc) is 2.52. The van der Waals surface area contributed by atoms with E-state index in [9.17, 15) is 9.59 Å². The van der Waals surface area contributed by atoms with Gasteiger partial charge in [-0.15, -0.1) is 0 Å². The molecule has 1 aromatic rings. The first kappa shape index (κ1) is 18.1. The first-order valence-electron chi connectivity index (χ1n) is 8.29. The number of piperazine rings is 1. The zero-order valence-corrected chi connectivity index (χ0v) is 14.8. The lowest BCUT2D eigenvalue weighted by atomic mass is 10.1. The molecule has 0 bridgehead atoms. The quantitative estimate of drug-likeness (QED) is 0.919. The second-order valence-corrected chi connectivity index (χ2v) is 7.03. The number of rotatable bonds is 3. The van der Waals surface area contributed by atoms with Gasteiger partial charge in [0.25, 0.3) is 0 Å². The van der Waals surface area contributed by atoms with E-state index >= 15 is 0 Å². The third-order valence-corrected chi connectivity index (χ3v) is 4.05. The Kier molecular flexibility index (Phi) is 5.36. The Hall–Kier alpha value is -2.24. The van der Waals surface area contributed by atoms with Crippen molar-refractivity contribution in [1.29, 1.82) is 0 Å². The van der Waals surface area contributed by atoms with E-state index < -0.39 is 11.6 Å². The second-order valence-electron chi connectivity index (χ2n) is 7.03. The lowest BCUT2D eigenvalue weighted by Crippen LogP contribution is -2.55. The number of carboxylic acid groups (broad SMARTS) is 1. The molecule has 1 saturated heterocycles. The number of hydrogen-bond acceptors (Lipinski definition) is 4. The van der Waals surface area contributed by atoms with Crippen LogP contribution in [0.1, 0.15) is 44.5 Å². The highest BCUT2D eigenvalue weighted by Crippen LogP contribution is 2.24. The third kappa shape index (κ3) is 4.40. The van der Waals surface area contributed by atoms with Crippen molar-refractivity contribution in [2.24, 2.45) is 0 Å². The van der Waals surface area contributed by atoms with Crippen LogP contribution in [-0.4, -0.2) is 53.3 Å². The molecule has 1 aromatic carbocycles. The third-order valence-electron chi connectivity index (χ3n) is 4.05. The molecule has 1 N–H and O–H groups in total. The number of hydrogen-bond donors (Lipinski definition) is 1. The molecule has 6 heteroatoms. The van der Waals surface area contributed by atoms with Gasteiger partial charge < -0.3 is 19.6 Å². The van der Waals surface area contributed by atoms with Crippen LogP contribution in [0.2, 0.25) is 0 Å². The Morgan fingerprint density at radius 3 is 2.33 bits per heavy atom. The number of anilines is 1. The molecule has 1 aliphatic heterocycles. The molecule has 1 unspecified atom stereocenters. The van der Waals surface area contributed by atoms with Gasteiger partial charge in [0.15, 0.2) is 0 Å². The molecule has 0 radical (unpaired) electrons. The summed E-state index contributed by atoms with van der Waals surface area (Å²) in [5.41, 5.74) is 0.762. The van der Waals surface area contributed by atoms with Crippen molar-refractivity contribution in [2.45, 2.75) is 45.8 Å². The Balaban J connectivity index is 2.07. The van der Waals surface area contributed by atoms with E-state index in [4.69, 9.17) is 9.84 Å². The van der Waals surface area contributed by atoms with Crippen molar-refractivity contribution < 1.29 is 19.4 Å². The van der Waals surface area contributed by atoms with Crippen molar-refractivity contribution in [3.63, 3.8) is 0 Å². The number of aromatic carboxylic acids is 1. The van der Waals surface area contributed by atoms with Crippen molar-refractivity contribution in [3.05, 3.63) is 29.8 Å². The lowest BCUT2D eigenvalue weighted by molar-refractivity contribution is 0.0213. The lowest BCUT2D eigenvalue weighted by Gasteiger charge is -2.42. The molecule has 24 heavy (non-hydrogen) atoms. The summed E-state index contributed by atoms with van der Waals surface area (Å²) in [6.07, 6.45) is 0.613. The van der Waals surface area contributed by atoms with Crippen molar-refractivity contribution in [3.8, 4) is 0 Å². The summed E-state index contributed by atoms with van der Waals surface area (Å²) in [7, 11) is 0. The molecule has 6 nitrogen and oxygen atoms in total. The fourth-order valence-corrected chi connectivity index (χ4v) is 2.83. The highest BCUT2D eigenvalue weighted by atomic mass is 16.6. The van der Waals surface area contributed by atoms with Crippen LogP contribution in [0, 0.1) is 0 Å². The molecule has 0 saturated carbocycles. The van der Waals surface area contributed by atoms with Gasteiger partial charge in [-0.1, -0.05) is 6.92 Å². The molecular weight excluding hydrogens is 308 g/mol. The van der Waals surface area contributed by atoms with Gasteiger partial charge in [0, 0.05) is 31.4 Å². The van der Waals surface area contributed by atoms with E-state index in [0.29, 0.717) is 19.6 Å². The molecule has 1 amide bonds. The van der Waals surface area contributed by atoms with Gasteiger partial charge in [-0.05, 0) is 51.5 Å². The minimum atomic E-state index is -0.927. The van der Waals surface area contributed by atoms with Crippen LogP contribution >= 0.6 is 0 Å². The van der Waals surface area contributed by atoms with Gasteiger partial charge in [0.2, 0.25) is 0 Å². The number of nitrogens with zero attached hydrogens (tertiary/aromatic N) is 2. The van der Waals surface area contributed by atoms with E-state index in [1.54, 1.807) is 17.0 Å². The molecular formula is C18H26N2O4. The van der Waals surface area contributed by atoms with Crippen LogP contribution < -0.4 is 4.90 Å². The number of benzene rings is 1. The predicted molar refractivity (Wildman–Crippen MR) is 92.6 cm³/mol. The van der Waals surface area contributed by atoms with Crippen LogP contribution in [0.5, 0.6) is 0 Å². The summed E-state index contributed by atoms with van der Waals surface area (Å²) in [5.74, 6) is -0.927. The number of ether oxygens (including phenoxy) is 1. The molecule has 0 aliphatic carbocycles. The highest BCUT2D eigenvalue weighted by Gasteiger charge is 2.31. The monoisotopic (exact) mass is 334 g/mol. The van der Waals surface area contributed by atoms with Crippen LogP contribution in [0.25, 0.3) is 0 Å². The molecule has 1 atom stereocenters. The normalized spacial score (nSPS) is 18.4. The van der Waals surface area contributed by atoms with E-state index in [0.717, 1.165) is 12.1 Å². The minimum Gasteiger partial charge on any atom is -0.478 e. The first-order valence-corrected chi connectivity index (χ1v) is 8.29. The van der Waals surface area contributed by atoms with Crippen LogP contribution in [0.15, 0.2) is 24.3 Å². The maximum Gasteiger partial charge on any atom is 0.410 e. The zero-order chi connectivity index (χ0) is 17.9. The Morgan fingerprint density at radius 1 is 1.21 bits per heavy atom. The number of amides is 1.